The normalized spacial score (nSPS) is 21.3. The van der Waals surface area contributed by atoms with Gasteiger partial charge in [0, 0.05) is 25.7 Å². The molecular weight excluding hydrogens is 320 g/mol. The topological polar surface area (TPSA) is 104 Å². The third-order valence-corrected chi connectivity index (χ3v) is 5.87. The zero-order valence-corrected chi connectivity index (χ0v) is 13.8. The lowest BCUT2D eigenvalue weighted by atomic mass is 10.0. The maximum atomic E-state index is 12.2. The number of aliphatic carboxylic acids is 1. The van der Waals surface area contributed by atoms with Crippen molar-refractivity contribution in [2.45, 2.75) is 30.2 Å². The van der Waals surface area contributed by atoms with Gasteiger partial charge in [0.25, 0.3) is 5.91 Å². The van der Waals surface area contributed by atoms with Crippen LogP contribution in [-0.4, -0.2) is 49.8 Å². The Labute approximate surface area is 135 Å². The van der Waals surface area contributed by atoms with E-state index in [0.717, 1.165) is 10.7 Å². The van der Waals surface area contributed by atoms with Gasteiger partial charge in [-0.1, -0.05) is 6.42 Å². The molecule has 1 amide bonds. The Kier molecular flexibility index (Phi) is 5.06. The number of hydrogen-bond acceptors (Lipinski definition) is 4. The van der Waals surface area contributed by atoms with Crippen LogP contribution < -0.4 is 5.32 Å². The minimum Gasteiger partial charge on any atom is -0.481 e. The molecule has 1 aliphatic rings. The van der Waals surface area contributed by atoms with E-state index in [2.05, 4.69) is 5.32 Å². The molecule has 2 rings (SSSR count). The van der Waals surface area contributed by atoms with Crippen molar-refractivity contribution in [3.05, 3.63) is 29.8 Å². The van der Waals surface area contributed by atoms with Gasteiger partial charge in [0.1, 0.15) is 0 Å². The Morgan fingerprint density at radius 2 is 1.78 bits per heavy atom. The van der Waals surface area contributed by atoms with Crippen molar-refractivity contribution >= 4 is 21.9 Å². The first-order chi connectivity index (χ1) is 10.7. The van der Waals surface area contributed by atoms with Crippen molar-refractivity contribution in [2.24, 2.45) is 5.92 Å². The number of nitrogens with zero attached hydrogens (tertiary/aromatic N) is 1. The summed E-state index contributed by atoms with van der Waals surface area (Å²) in [7, 11) is -0.673. The third-order valence-electron chi connectivity index (χ3n) is 4.04. The van der Waals surface area contributed by atoms with Crippen molar-refractivity contribution < 1.29 is 23.1 Å². The van der Waals surface area contributed by atoms with Gasteiger partial charge in [-0.3, -0.25) is 9.59 Å². The molecule has 7 nitrogen and oxygen atoms in total. The number of carboxylic acids is 1. The molecule has 8 heteroatoms. The van der Waals surface area contributed by atoms with Crippen LogP contribution in [0.1, 0.15) is 29.6 Å². The Morgan fingerprint density at radius 3 is 2.30 bits per heavy atom. The molecule has 2 N–H and O–H groups in total. The predicted molar refractivity (Wildman–Crippen MR) is 83.5 cm³/mol. The van der Waals surface area contributed by atoms with Crippen LogP contribution in [0.5, 0.6) is 0 Å². The minimum atomic E-state index is -3.54. The van der Waals surface area contributed by atoms with Gasteiger partial charge in [-0.05, 0) is 37.1 Å². The number of nitrogens with one attached hydrogen (secondary N) is 1. The molecule has 0 saturated heterocycles. The number of benzene rings is 1. The average Bonchev–Trinajstić information content (AvgIpc) is 2.95. The van der Waals surface area contributed by atoms with Crippen molar-refractivity contribution in [3.63, 3.8) is 0 Å². The molecule has 0 heterocycles. The molecule has 1 aromatic carbocycles. The summed E-state index contributed by atoms with van der Waals surface area (Å²) in [5.41, 5.74) is 0.304. The van der Waals surface area contributed by atoms with Gasteiger partial charge in [0.05, 0.1) is 10.8 Å². The minimum absolute atomic E-state index is 0.100. The molecule has 0 aromatic heterocycles. The van der Waals surface area contributed by atoms with Crippen LogP contribution in [-0.2, 0) is 14.8 Å². The lowest BCUT2D eigenvalue weighted by molar-refractivity contribution is -0.142. The molecule has 1 saturated carbocycles. The fourth-order valence-corrected chi connectivity index (χ4v) is 3.57. The van der Waals surface area contributed by atoms with Crippen LogP contribution in [0.2, 0.25) is 0 Å². The Morgan fingerprint density at radius 1 is 1.17 bits per heavy atom. The Balaban J connectivity index is 2.11. The Bertz CT molecular complexity index is 697. The van der Waals surface area contributed by atoms with Crippen molar-refractivity contribution in [1.29, 1.82) is 0 Å². The number of carboxylic acid groups (broad SMARTS) is 1. The van der Waals surface area contributed by atoms with E-state index in [0.29, 0.717) is 18.4 Å². The molecular formula is C15H20N2O5S. The molecule has 126 valence electrons. The number of sulfonamides is 1. The fraction of sp³-hybridized carbons (Fsp3) is 0.467. The molecule has 1 aliphatic carbocycles. The van der Waals surface area contributed by atoms with Crippen LogP contribution in [0.4, 0.5) is 0 Å². The Hall–Kier alpha value is -1.93. The van der Waals surface area contributed by atoms with E-state index in [1.165, 1.54) is 38.4 Å². The zero-order valence-electron chi connectivity index (χ0n) is 13.0. The highest BCUT2D eigenvalue weighted by Gasteiger charge is 2.34. The number of carbonyl (C=O) groups is 2. The number of rotatable bonds is 5. The summed E-state index contributed by atoms with van der Waals surface area (Å²) >= 11 is 0. The van der Waals surface area contributed by atoms with Gasteiger partial charge in [-0.15, -0.1) is 0 Å². The zero-order chi connectivity index (χ0) is 17.2. The summed E-state index contributed by atoms with van der Waals surface area (Å²) in [6.07, 6.45) is 1.96. The molecule has 1 fully saturated rings. The molecule has 2 atom stereocenters. The summed E-state index contributed by atoms with van der Waals surface area (Å²) in [4.78, 5) is 23.4. The SMILES string of the molecule is CN(C)S(=O)(=O)c1ccc(C(=O)N[C@@H]2CCC[C@@H]2C(=O)O)cc1. The summed E-state index contributed by atoms with van der Waals surface area (Å²) < 4.78 is 25.0. The maximum absolute atomic E-state index is 12.2. The van der Waals surface area contributed by atoms with Gasteiger partial charge in [0.15, 0.2) is 0 Å². The van der Waals surface area contributed by atoms with Crippen LogP contribution in [0.3, 0.4) is 0 Å². The van der Waals surface area contributed by atoms with E-state index in [4.69, 9.17) is 5.11 Å². The van der Waals surface area contributed by atoms with E-state index in [1.807, 2.05) is 0 Å². The molecule has 0 spiro atoms. The third kappa shape index (κ3) is 3.70. The summed E-state index contributed by atoms with van der Waals surface area (Å²) in [6.45, 7) is 0. The van der Waals surface area contributed by atoms with E-state index in [1.54, 1.807) is 0 Å². The number of carbonyl (C=O) groups excluding carboxylic acids is 1. The fourth-order valence-electron chi connectivity index (χ4n) is 2.67. The first-order valence-electron chi connectivity index (χ1n) is 7.29. The monoisotopic (exact) mass is 340 g/mol. The van der Waals surface area contributed by atoms with Crippen LogP contribution in [0.25, 0.3) is 0 Å². The van der Waals surface area contributed by atoms with Crippen molar-refractivity contribution in [3.8, 4) is 0 Å². The van der Waals surface area contributed by atoms with Crippen molar-refractivity contribution in [2.75, 3.05) is 14.1 Å². The first kappa shape index (κ1) is 17.4. The quantitative estimate of drug-likeness (QED) is 0.829. The van der Waals surface area contributed by atoms with Gasteiger partial charge < -0.3 is 10.4 Å². The molecule has 0 bridgehead atoms. The summed E-state index contributed by atoms with van der Waals surface area (Å²) in [6, 6.07) is 5.21. The van der Waals surface area contributed by atoms with Gasteiger partial charge in [-0.2, -0.15) is 0 Å². The second-order valence-electron chi connectivity index (χ2n) is 5.77. The smallest absolute Gasteiger partial charge is 0.308 e. The molecule has 0 radical (unpaired) electrons. The van der Waals surface area contributed by atoms with E-state index < -0.39 is 27.8 Å². The lowest BCUT2D eigenvalue weighted by Gasteiger charge is -2.17. The molecule has 23 heavy (non-hydrogen) atoms. The van der Waals surface area contributed by atoms with Crippen molar-refractivity contribution in [1.82, 2.24) is 9.62 Å². The first-order valence-corrected chi connectivity index (χ1v) is 8.73. The summed E-state index contributed by atoms with van der Waals surface area (Å²) in [5.74, 6) is -1.86. The summed E-state index contributed by atoms with van der Waals surface area (Å²) in [5, 5.41) is 11.9. The van der Waals surface area contributed by atoms with E-state index in [-0.39, 0.29) is 10.9 Å². The second kappa shape index (κ2) is 6.67. The maximum Gasteiger partial charge on any atom is 0.308 e. The van der Waals surface area contributed by atoms with Crippen LogP contribution in [0, 0.1) is 5.92 Å². The molecule has 1 aromatic rings. The van der Waals surface area contributed by atoms with E-state index >= 15 is 0 Å². The van der Waals surface area contributed by atoms with Crippen LogP contribution >= 0.6 is 0 Å². The predicted octanol–water partition coefficient (Wildman–Crippen LogP) is 0.920. The lowest BCUT2D eigenvalue weighted by Crippen LogP contribution is -2.40. The van der Waals surface area contributed by atoms with Gasteiger partial charge in [0.2, 0.25) is 10.0 Å². The highest BCUT2D eigenvalue weighted by atomic mass is 32.2. The van der Waals surface area contributed by atoms with Gasteiger partial charge >= 0.3 is 5.97 Å². The second-order valence-corrected chi connectivity index (χ2v) is 7.92. The highest BCUT2D eigenvalue weighted by molar-refractivity contribution is 7.89. The van der Waals surface area contributed by atoms with E-state index in [9.17, 15) is 18.0 Å². The molecule has 0 unspecified atom stereocenters. The standard InChI is InChI=1S/C15H20N2O5S/c1-17(2)23(21,22)11-8-6-10(7-9-11)14(18)16-13-5-3-4-12(13)15(19)20/h6-9,12-13H,3-5H2,1-2H3,(H,16,18)(H,19,20)/t12-,13+/m0/s1. The molecule has 0 aliphatic heterocycles. The highest BCUT2D eigenvalue weighted by Crippen LogP contribution is 2.26. The largest absolute Gasteiger partial charge is 0.481 e. The number of amides is 1. The van der Waals surface area contributed by atoms with Crippen LogP contribution in [0.15, 0.2) is 29.2 Å². The number of hydrogen-bond donors (Lipinski definition) is 2. The average molecular weight is 340 g/mol. The van der Waals surface area contributed by atoms with Gasteiger partial charge in [-0.25, -0.2) is 12.7 Å².